The van der Waals surface area contributed by atoms with E-state index in [1.54, 1.807) is 19.1 Å². The first-order chi connectivity index (χ1) is 8.97. The molecule has 0 bridgehead atoms. The molecule has 3 N–H and O–H groups in total. The molecule has 0 heterocycles. The van der Waals surface area contributed by atoms with E-state index < -0.39 is 18.0 Å². The monoisotopic (exact) mass is 286 g/mol. The summed E-state index contributed by atoms with van der Waals surface area (Å²) >= 11 is 5.82. The maximum atomic E-state index is 11.7. The van der Waals surface area contributed by atoms with Crippen molar-refractivity contribution in [1.29, 1.82) is 0 Å². The van der Waals surface area contributed by atoms with E-state index in [9.17, 15) is 9.59 Å². The minimum atomic E-state index is -1.09. The van der Waals surface area contributed by atoms with Crippen molar-refractivity contribution in [1.82, 2.24) is 5.32 Å². The Kier molecular flexibility index (Phi) is 5.44. The molecular weight excluding hydrogens is 272 g/mol. The summed E-state index contributed by atoms with van der Waals surface area (Å²) in [6, 6.07) is 3.17. The average molecular weight is 287 g/mol. The predicted molar refractivity (Wildman–Crippen MR) is 71.9 cm³/mol. The Morgan fingerprint density at radius 3 is 2.68 bits per heavy atom. The molecule has 104 valence electrons. The number of carboxylic acids is 1. The maximum Gasteiger partial charge on any atom is 0.326 e. The standard InChI is InChI=1S/C12H15ClN2O4/c1-3-8(11(16)17)14-12(18)15-9-6-7(13)4-5-10(9)19-2/h4-6,8H,3H2,1-2H3,(H,16,17)(H2,14,15,18). The molecule has 0 spiro atoms. The number of rotatable bonds is 5. The fourth-order valence-corrected chi connectivity index (χ4v) is 1.61. The summed E-state index contributed by atoms with van der Waals surface area (Å²) < 4.78 is 5.06. The van der Waals surface area contributed by atoms with Gasteiger partial charge in [-0.1, -0.05) is 18.5 Å². The van der Waals surface area contributed by atoms with E-state index >= 15 is 0 Å². The second kappa shape index (κ2) is 6.84. The van der Waals surface area contributed by atoms with Crippen molar-refractivity contribution in [2.75, 3.05) is 12.4 Å². The van der Waals surface area contributed by atoms with Crippen molar-refractivity contribution in [3.8, 4) is 5.75 Å². The van der Waals surface area contributed by atoms with E-state index in [1.165, 1.54) is 13.2 Å². The van der Waals surface area contributed by atoms with Gasteiger partial charge in [0.25, 0.3) is 0 Å². The van der Waals surface area contributed by atoms with Crippen LogP contribution >= 0.6 is 11.6 Å². The van der Waals surface area contributed by atoms with Crippen LogP contribution in [0.15, 0.2) is 18.2 Å². The van der Waals surface area contributed by atoms with E-state index in [0.717, 1.165) is 0 Å². The van der Waals surface area contributed by atoms with Crippen molar-refractivity contribution < 1.29 is 19.4 Å². The van der Waals surface area contributed by atoms with Crippen LogP contribution in [0, 0.1) is 0 Å². The Morgan fingerprint density at radius 2 is 2.16 bits per heavy atom. The summed E-state index contributed by atoms with van der Waals surface area (Å²) in [6.07, 6.45) is 0.287. The number of nitrogens with one attached hydrogen (secondary N) is 2. The first kappa shape index (κ1) is 15.1. The smallest absolute Gasteiger partial charge is 0.326 e. The molecule has 0 radical (unpaired) electrons. The van der Waals surface area contributed by atoms with E-state index in [1.807, 2.05) is 0 Å². The lowest BCUT2D eigenvalue weighted by atomic mass is 10.2. The van der Waals surface area contributed by atoms with Gasteiger partial charge in [0.15, 0.2) is 0 Å². The third kappa shape index (κ3) is 4.33. The number of halogens is 1. The summed E-state index contributed by atoms with van der Waals surface area (Å²) in [7, 11) is 1.46. The molecule has 0 aliphatic rings. The van der Waals surface area contributed by atoms with Gasteiger partial charge in [-0.15, -0.1) is 0 Å². The molecule has 0 aliphatic heterocycles. The van der Waals surface area contributed by atoms with Crippen LogP contribution in [-0.4, -0.2) is 30.3 Å². The molecule has 0 fully saturated rings. The van der Waals surface area contributed by atoms with Crippen LogP contribution in [0.3, 0.4) is 0 Å². The lowest BCUT2D eigenvalue weighted by Crippen LogP contribution is -2.42. The molecule has 6 nitrogen and oxygen atoms in total. The molecule has 0 saturated heterocycles. The molecule has 7 heteroatoms. The highest BCUT2D eigenvalue weighted by atomic mass is 35.5. The number of carbonyl (C=O) groups is 2. The Labute approximate surface area is 115 Å². The van der Waals surface area contributed by atoms with Gasteiger partial charge in [-0.05, 0) is 24.6 Å². The van der Waals surface area contributed by atoms with Crippen molar-refractivity contribution in [2.45, 2.75) is 19.4 Å². The summed E-state index contributed by atoms with van der Waals surface area (Å²) in [4.78, 5) is 22.5. The molecule has 2 amide bonds. The second-order valence-electron chi connectivity index (χ2n) is 3.74. The predicted octanol–water partition coefficient (Wildman–Crippen LogP) is 2.33. The van der Waals surface area contributed by atoms with Crippen LogP contribution < -0.4 is 15.4 Å². The number of ether oxygens (including phenoxy) is 1. The molecular formula is C12H15ClN2O4. The van der Waals surface area contributed by atoms with Crippen LogP contribution in [0.1, 0.15) is 13.3 Å². The van der Waals surface area contributed by atoms with Gasteiger partial charge in [0.05, 0.1) is 12.8 Å². The van der Waals surface area contributed by atoms with Crippen molar-refractivity contribution >= 4 is 29.3 Å². The SMILES string of the molecule is CCC(NC(=O)Nc1cc(Cl)ccc1OC)C(=O)O. The van der Waals surface area contributed by atoms with Crippen molar-refractivity contribution in [2.24, 2.45) is 0 Å². The Morgan fingerprint density at radius 1 is 1.47 bits per heavy atom. The van der Waals surface area contributed by atoms with Gasteiger partial charge < -0.3 is 20.5 Å². The summed E-state index contributed by atoms with van der Waals surface area (Å²) in [5, 5.41) is 14.1. The third-order valence-corrected chi connectivity index (χ3v) is 2.66. The second-order valence-corrected chi connectivity index (χ2v) is 4.18. The molecule has 1 unspecified atom stereocenters. The van der Waals surface area contributed by atoms with Gasteiger partial charge in [0.2, 0.25) is 0 Å². The van der Waals surface area contributed by atoms with Crippen LogP contribution in [0.4, 0.5) is 10.5 Å². The first-order valence-corrected chi connectivity index (χ1v) is 5.99. The normalized spacial score (nSPS) is 11.5. The largest absolute Gasteiger partial charge is 0.495 e. The maximum absolute atomic E-state index is 11.7. The van der Waals surface area contributed by atoms with Crippen molar-refractivity contribution in [3.63, 3.8) is 0 Å². The van der Waals surface area contributed by atoms with Gasteiger partial charge in [-0.2, -0.15) is 0 Å². The molecule has 1 atom stereocenters. The molecule has 19 heavy (non-hydrogen) atoms. The molecule has 1 rings (SSSR count). The van der Waals surface area contributed by atoms with E-state index in [2.05, 4.69) is 10.6 Å². The zero-order chi connectivity index (χ0) is 14.4. The van der Waals surface area contributed by atoms with E-state index in [4.69, 9.17) is 21.4 Å². The van der Waals surface area contributed by atoms with Crippen molar-refractivity contribution in [3.05, 3.63) is 23.2 Å². The Balaban J connectivity index is 2.76. The minimum absolute atomic E-state index is 0.287. The number of hydrogen-bond donors (Lipinski definition) is 3. The number of carboxylic acid groups (broad SMARTS) is 1. The number of urea groups is 1. The zero-order valence-corrected chi connectivity index (χ0v) is 11.3. The zero-order valence-electron chi connectivity index (χ0n) is 10.6. The highest BCUT2D eigenvalue weighted by molar-refractivity contribution is 6.31. The number of carbonyl (C=O) groups excluding carboxylic acids is 1. The molecule has 1 aromatic carbocycles. The number of aliphatic carboxylic acids is 1. The number of methoxy groups -OCH3 is 1. The summed E-state index contributed by atoms with van der Waals surface area (Å²) in [5.41, 5.74) is 0.368. The number of hydrogen-bond acceptors (Lipinski definition) is 3. The van der Waals surface area contributed by atoms with E-state index in [0.29, 0.717) is 16.5 Å². The van der Waals surface area contributed by atoms with E-state index in [-0.39, 0.29) is 6.42 Å². The van der Waals surface area contributed by atoms with Crippen LogP contribution in [0.25, 0.3) is 0 Å². The average Bonchev–Trinajstić information content (AvgIpc) is 2.35. The molecule has 0 aliphatic carbocycles. The number of amides is 2. The topological polar surface area (TPSA) is 87.7 Å². The summed E-state index contributed by atoms with van der Waals surface area (Å²) in [5.74, 6) is -0.654. The van der Waals surface area contributed by atoms with Gasteiger partial charge in [0.1, 0.15) is 11.8 Å². The third-order valence-electron chi connectivity index (χ3n) is 2.42. The summed E-state index contributed by atoms with van der Waals surface area (Å²) in [6.45, 7) is 1.67. The lowest BCUT2D eigenvalue weighted by Gasteiger charge is -2.15. The quantitative estimate of drug-likeness (QED) is 0.775. The van der Waals surface area contributed by atoms with Gasteiger partial charge in [-0.25, -0.2) is 9.59 Å². The molecule has 1 aromatic rings. The molecule has 0 aromatic heterocycles. The highest BCUT2D eigenvalue weighted by Gasteiger charge is 2.18. The first-order valence-electron chi connectivity index (χ1n) is 5.61. The van der Waals surface area contributed by atoms with Gasteiger partial charge >= 0.3 is 12.0 Å². The Hall–Kier alpha value is -1.95. The molecule has 0 saturated carbocycles. The Bertz CT molecular complexity index is 479. The fraction of sp³-hybridized carbons (Fsp3) is 0.333. The van der Waals surface area contributed by atoms with Gasteiger partial charge in [0, 0.05) is 5.02 Å². The fourth-order valence-electron chi connectivity index (χ4n) is 1.43. The highest BCUT2D eigenvalue weighted by Crippen LogP contribution is 2.27. The number of benzene rings is 1. The van der Waals surface area contributed by atoms with Crippen LogP contribution in [0.2, 0.25) is 5.02 Å². The van der Waals surface area contributed by atoms with Crippen LogP contribution in [-0.2, 0) is 4.79 Å². The van der Waals surface area contributed by atoms with Gasteiger partial charge in [-0.3, -0.25) is 0 Å². The lowest BCUT2D eigenvalue weighted by molar-refractivity contribution is -0.139. The number of anilines is 1. The minimum Gasteiger partial charge on any atom is -0.495 e. The van der Waals surface area contributed by atoms with Crippen LogP contribution in [0.5, 0.6) is 5.75 Å².